The predicted molar refractivity (Wildman–Crippen MR) is 121 cm³/mol. The molecule has 0 saturated carbocycles. The van der Waals surface area contributed by atoms with Crippen molar-refractivity contribution in [2.45, 2.75) is 32.9 Å². The Bertz CT molecular complexity index is 1280. The first-order chi connectivity index (χ1) is 15.5. The fourth-order valence-electron chi connectivity index (χ4n) is 3.88. The highest BCUT2D eigenvalue weighted by Gasteiger charge is 2.28. The zero-order valence-electron chi connectivity index (χ0n) is 18.0. The van der Waals surface area contributed by atoms with Gasteiger partial charge in [0.15, 0.2) is 0 Å². The lowest BCUT2D eigenvalue weighted by Crippen LogP contribution is -2.34. The molecule has 2 heterocycles. The Hall–Kier alpha value is -3.93. The first kappa shape index (κ1) is 21.3. The summed E-state index contributed by atoms with van der Waals surface area (Å²) < 4.78 is 5.87. The second-order valence-corrected chi connectivity index (χ2v) is 7.73. The number of aromatic nitrogens is 1. The molecule has 0 aliphatic heterocycles. The summed E-state index contributed by atoms with van der Waals surface area (Å²) in [5.74, 6) is 0.273. The molecule has 4 rings (SSSR count). The minimum atomic E-state index is -1.00. The van der Waals surface area contributed by atoms with E-state index in [1.54, 1.807) is 29.3 Å². The first-order valence-corrected chi connectivity index (χ1v) is 10.5. The molecule has 32 heavy (non-hydrogen) atoms. The third kappa shape index (κ3) is 4.39. The van der Waals surface area contributed by atoms with E-state index in [9.17, 15) is 14.7 Å². The molecule has 0 saturated heterocycles. The molecule has 0 spiro atoms. The van der Waals surface area contributed by atoms with Crippen LogP contribution in [-0.2, 0) is 6.54 Å². The number of hydrogen-bond donors (Lipinski definition) is 1. The maximum Gasteiger partial charge on any atom is 0.335 e. The molecule has 1 N–H and O–H groups in total. The third-order valence-electron chi connectivity index (χ3n) is 5.48. The summed E-state index contributed by atoms with van der Waals surface area (Å²) in [6.07, 6.45) is 2.23. The van der Waals surface area contributed by atoms with E-state index in [0.717, 1.165) is 22.2 Å². The molecule has 0 aliphatic rings. The van der Waals surface area contributed by atoms with Crippen LogP contribution in [0.25, 0.3) is 10.9 Å². The van der Waals surface area contributed by atoms with Gasteiger partial charge in [-0.05, 0) is 55.3 Å². The van der Waals surface area contributed by atoms with Gasteiger partial charge in [0.2, 0.25) is 0 Å². The van der Waals surface area contributed by atoms with E-state index in [1.165, 1.54) is 0 Å². The number of carboxylic acid groups (broad SMARTS) is 1. The van der Waals surface area contributed by atoms with Gasteiger partial charge in [0.1, 0.15) is 11.5 Å². The Balaban J connectivity index is 1.75. The topological polar surface area (TPSA) is 83.6 Å². The van der Waals surface area contributed by atoms with Crippen molar-refractivity contribution in [2.24, 2.45) is 0 Å². The van der Waals surface area contributed by atoms with E-state index in [1.807, 2.05) is 62.4 Å². The number of carbonyl (C=O) groups is 2. The molecule has 0 fully saturated rings. The maximum atomic E-state index is 13.7. The molecular formula is C26H24N2O4. The largest absolute Gasteiger partial charge is 0.478 e. The molecule has 0 aliphatic carbocycles. The Labute approximate surface area is 186 Å². The van der Waals surface area contributed by atoms with Crippen LogP contribution in [0.4, 0.5) is 0 Å². The highest BCUT2D eigenvalue weighted by atomic mass is 16.4. The molecule has 1 atom stereocenters. The number of aromatic carboxylic acids is 1. The van der Waals surface area contributed by atoms with Crippen LogP contribution in [0.2, 0.25) is 0 Å². The molecule has 2 aromatic carbocycles. The summed E-state index contributed by atoms with van der Waals surface area (Å²) in [5, 5.41) is 10.2. The number of nitrogens with zero attached hydrogens (tertiary/aromatic N) is 2. The minimum Gasteiger partial charge on any atom is -0.478 e. The van der Waals surface area contributed by atoms with Crippen LogP contribution in [0.3, 0.4) is 0 Å². The van der Waals surface area contributed by atoms with Crippen molar-refractivity contribution in [3.8, 4) is 0 Å². The standard InChI is InChI=1S/C26H24N2O4/c1-3-23(24-12-11-17(2)32-24)28(16-18-7-6-9-20(13-18)26(30)31)25(29)21-14-19-8-4-5-10-22(19)27-15-21/h4-15,23H,3,16H2,1-2H3,(H,30,31)/t23-/m1/s1. The van der Waals surface area contributed by atoms with Gasteiger partial charge in [-0.15, -0.1) is 0 Å². The molecule has 6 nitrogen and oxygen atoms in total. The van der Waals surface area contributed by atoms with E-state index in [-0.39, 0.29) is 24.1 Å². The van der Waals surface area contributed by atoms with Gasteiger partial charge >= 0.3 is 5.97 Å². The number of hydrogen-bond acceptors (Lipinski definition) is 4. The Morgan fingerprint density at radius 1 is 1.03 bits per heavy atom. The van der Waals surface area contributed by atoms with Gasteiger partial charge in [-0.2, -0.15) is 0 Å². The summed E-state index contributed by atoms with van der Waals surface area (Å²) in [5.41, 5.74) is 2.20. The van der Waals surface area contributed by atoms with Crippen molar-refractivity contribution in [3.63, 3.8) is 0 Å². The van der Waals surface area contributed by atoms with Crippen LogP contribution in [0.15, 0.2) is 77.3 Å². The van der Waals surface area contributed by atoms with E-state index in [0.29, 0.717) is 17.7 Å². The first-order valence-electron chi connectivity index (χ1n) is 10.5. The summed E-state index contributed by atoms with van der Waals surface area (Å²) in [6, 6.07) is 19.6. The lowest BCUT2D eigenvalue weighted by Gasteiger charge is -2.30. The average Bonchev–Trinajstić information content (AvgIpc) is 3.24. The number of amides is 1. The number of fused-ring (bicyclic) bond motifs is 1. The normalized spacial score (nSPS) is 11.9. The second-order valence-electron chi connectivity index (χ2n) is 7.73. The molecule has 0 unspecified atom stereocenters. The molecule has 0 radical (unpaired) electrons. The van der Waals surface area contributed by atoms with Crippen molar-refractivity contribution < 1.29 is 19.1 Å². The van der Waals surface area contributed by atoms with Crippen molar-refractivity contribution in [1.29, 1.82) is 0 Å². The van der Waals surface area contributed by atoms with Crippen LogP contribution < -0.4 is 0 Å². The van der Waals surface area contributed by atoms with Crippen molar-refractivity contribution in [3.05, 3.63) is 101 Å². The number of aryl methyl sites for hydroxylation is 1. The molecule has 2 aromatic heterocycles. The summed E-state index contributed by atoms with van der Waals surface area (Å²) in [7, 11) is 0. The number of carboxylic acids is 1. The monoisotopic (exact) mass is 428 g/mol. The Morgan fingerprint density at radius 3 is 2.56 bits per heavy atom. The Morgan fingerprint density at radius 2 is 1.84 bits per heavy atom. The predicted octanol–water partition coefficient (Wildman–Crippen LogP) is 5.63. The van der Waals surface area contributed by atoms with Crippen LogP contribution in [0.5, 0.6) is 0 Å². The molecule has 1 amide bonds. The van der Waals surface area contributed by atoms with Gasteiger partial charge in [-0.3, -0.25) is 9.78 Å². The van der Waals surface area contributed by atoms with Gasteiger partial charge in [-0.1, -0.05) is 37.3 Å². The second kappa shape index (κ2) is 9.06. The number of para-hydroxylation sites is 1. The molecule has 4 aromatic rings. The highest BCUT2D eigenvalue weighted by Crippen LogP contribution is 2.30. The van der Waals surface area contributed by atoms with E-state index < -0.39 is 5.97 Å². The molecular weight excluding hydrogens is 404 g/mol. The minimum absolute atomic E-state index is 0.184. The number of carbonyl (C=O) groups excluding carboxylic acids is 1. The molecule has 6 heteroatoms. The number of benzene rings is 2. The number of pyridine rings is 1. The van der Waals surface area contributed by atoms with Crippen LogP contribution in [0, 0.1) is 6.92 Å². The van der Waals surface area contributed by atoms with Crippen molar-refractivity contribution in [2.75, 3.05) is 0 Å². The van der Waals surface area contributed by atoms with Crippen molar-refractivity contribution >= 4 is 22.8 Å². The summed E-state index contributed by atoms with van der Waals surface area (Å²) in [6.45, 7) is 4.10. The fourth-order valence-corrected chi connectivity index (χ4v) is 3.88. The van der Waals surface area contributed by atoms with Gasteiger partial charge in [0.05, 0.1) is 22.7 Å². The van der Waals surface area contributed by atoms with Crippen LogP contribution in [0.1, 0.15) is 57.2 Å². The average molecular weight is 428 g/mol. The van der Waals surface area contributed by atoms with Crippen LogP contribution in [-0.4, -0.2) is 26.9 Å². The zero-order valence-corrected chi connectivity index (χ0v) is 18.0. The summed E-state index contributed by atoms with van der Waals surface area (Å²) >= 11 is 0. The van der Waals surface area contributed by atoms with Crippen molar-refractivity contribution in [1.82, 2.24) is 9.88 Å². The lowest BCUT2D eigenvalue weighted by molar-refractivity contribution is 0.0626. The SMILES string of the molecule is CC[C@H](c1ccc(C)o1)N(Cc1cccc(C(=O)O)c1)C(=O)c1cnc2ccccc2c1. The zero-order chi connectivity index (χ0) is 22.7. The van der Waals surface area contributed by atoms with Gasteiger partial charge in [0.25, 0.3) is 5.91 Å². The van der Waals surface area contributed by atoms with E-state index >= 15 is 0 Å². The van der Waals surface area contributed by atoms with E-state index in [2.05, 4.69) is 4.98 Å². The van der Waals surface area contributed by atoms with Gasteiger partial charge in [-0.25, -0.2) is 4.79 Å². The fraction of sp³-hybridized carbons (Fsp3) is 0.192. The smallest absolute Gasteiger partial charge is 0.335 e. The lowest BCUT2D eigenvalue weighted by atomic mass is 10.0. The van der Waals surface area contributed by atoms with E-state index in [4.69, 9.17) is 4.42 Å². The maximum absolute atomic E-state index is 13.7. The summed E-state index contributed by atoms with van der Waals surface area (Å²) in [4.78, 5) is 31.3. The quantitative estimate of drug-likeness (QED) is 0.412. The van der Waals surface area contributed by atoms with Crippen LogP contribution >= 0.6 is 0 Å². The number of furan rings is 1. The highest BCUT2D eigenvalue weighted by molar-refractivity contribution is 5.97. The molecule has 162 valence electrons. The van der Waals surface area contributed by atoms with Gasteiger partial charge in [0, 0.05) is 18.1 Å². The van der Waals surface area contributed by atoms with Gasteiger partial charge < -0.3 is 14.4 Å². The Kier molecular flexibility index (Phi) is 6.03. The third-order valence-corrected chi connectivity index (χ3v) is 5.48. The number of rotatable bonds is 7. The molecule has 0 bridgehead atoms.